The number of halogens is 2. The van der Waals surface area contributed by atoms with Crippen molar-refractivity contribution in [1.82, 2.24) is 0 Å². The lowest BCUT2D eigenvalue weighted by atomic mass is 9.81. The monoisotopic (exact) mass is 447 g/mol. The zero-order chi connectivity index (χ0) is 16.6. The first-order valence-electron chi connectivity index (χ1n) is 8.22. The minimum Gasteiger partial charge on any atom is -0.274 e. The number of nitrogens with zero attached hydrogens (tertiary/aromatic N) is 1. The third-order valence-corrected chi connectivity index (χ3v) is 9.18. The van der Waals surface area contributed by atoms with Gasteiger partial charge in [-0.3, -0.25) is 14.5 Å². The molecule has 6 atom stereocenters. The van der Waals surface area contributed by atoms with Gasteiger partial charge < -0.3 is 0 Å². The van der Waals surface area contributed by atoms with Gasteiger partial charge in [0.05, 0.1) is 17.5 Å². The highest BCUT2D eigenvalue weighted by Crippen LogP contribution is 2.60. The smallest absolute Gasteiger partial charge is 0.238 e. The Bertz CT molecular complexity index is 851. The van der Waals surface area contributed by atoms with E-state index in [1.165, 1.54) is 4.90 Å². The highest BCUT2D eigenvalue weighted by molar-refractivity contribution is 9.12. The molecule has 3 fully saturated rings. The molecule has 122 valence electrons. The third-order valence-electron chi connectivity index (χ3n) is 5.98. The second kappa shape index (κ2) is 5.15. The molecule has 2 aromatic carbocycles. The number of benzene rings is 2. The maximum absolute atomic E-state index is 13.0. The summed E-state index contributed by atoms with van der Waals surface area (Å²) in [6, 6.07) is 13.8. The summed E-state index contributed by atoms with van der Waals surface area (Å²) in [6.07, 6.45) is 0.963. The number of fused-ring (bicyclic) bond motifs is 6. The summed E-state index contributed by atoms with van der Waals surface area (Å²) in [6.45, 7) is 0. The van der Waals surface area contributed by atoms with Gasteiger partial charge in [0.2, 0.25) is 11.8 Å². The molecule has 1 heterocycles. The molecule has 2 aliphatic carbocycles. The Kier molecular flexibility index (Phi) is 3.24. The van der Waals surface area contributed by atoms with Crippen LogP contribution < -0.4 is 4.90 Å². The normalized spacial score (nSPS) is 37.5. The van der Waals surface area contributed by atoms with E-state index in [1.54, 1.807) is 0 Å². The molecule has 5 rings (SSSR count). The standard InChI is InChI=1S/C19H15Br2NO2/c20-16-12-8-13(17(16)21)15-14(12)18(23)22(19(15)24)11-6-5-9-3-1-2-4-10(9)7-11/h1-7,12-17H,8H2/t12-,13+,14+,15-,16-,17-/m1/s1. The Morgan fingerprint density at radius 3 is 2.04 bits per heavy atom. The third kappa shape index (κ3) is 1.83. The summed E-state index contributed by atoms with van der Waals surface area (Å²) >= 11 is 7.45. The summed E-state index contributed by atoms with van der Waals surface area (Å²) in [5.41, 5.74) is 0.703. The van der Waals surface area contributed by atoms with E-state index >= 15 is 0 Å². The number of imide groups is 1. The average Bonchev–Trinajstić information content (AvgIpc) is 3.19. The van der Waals surface area contributed by atoms with Gasteiger partial charge in [-0.05, 0) is 41.2 Å². The van der Waals surface area contributed by atoms with Gasteiger partial charge in [0, 0.05) is 9.65 Å². The number of carbonyl (C=O) groups excluding carboxylic acids is 2. The van der Waals surface area contributed by atoms with E-state index in [2.05, 4.69) is 31.9 Å². The predicted molar refractivity (Wildman–Crippen MR) is 100 cm³/mol. The molecule has 1 saturated heterocycles. The molecule has 2 amide bonds. The molecule has 1 aliphatic heterocycles. The highest BCUT2D eigenvalue weighted by Gasteiger charge is 2.66. The highest BCUT2D eigenvalue weighted by atomic mass is 79.9. The number of amides is 2. The molecule has 2 aromatic rings. The molecule has 0 unspecified atom stereocenters. The van der Waals surface area contributed by atoms with Gasteiger partial charge in [-0.1, -0.05) is 62.2 Å². The first-order chi connectivity index (χ1) is 11.6. The van der Waals surface area contributed by atoms with Crippen molar-refractivity contribution in [2.75, 3.05) is 4.90 Å². The number of hydrogen-bond acceptors (Lipinski definition) is 2. The molecule has 24 heavy (non-hydrogen) atoms. The van der Waals surface area contributed by atoms with Crippen LogP contribution in [0.2, 0.25) is 0 Å². The Hall–Kier alpha value is -1.20. The van der Waals surface area contributed by atoms with Crippen LogP contribution in [0.4, 0.5) is 5.69 Å². The molecular weight excluding hydrogens is 434 g/mol. The van der Waals surface area contributed by atoms with Gasteiger partial charge in [0.15, 0.2) is 0 Å². The summed E-state index contributed by atoms with van der Waals surface area (Å²) in [7, 11) is 0. The summed E-state index contributed by atoms with van der Waals surface area (Å²) in [4.78, 5) is 28.1. The average molecular weight is 449 g/mol. The van der Waals surface area contributed by atoms with Crippen molar-refractivity contribution in [2.24, 2.45) is 23.7 Å². The van der Waals surface area contributed by atoms with Crippen LogP contribution in [0.25, 0.3) is 10.8 Å². The maximum Gasteiger partial charge on any atom is 0.238 e. The number of carbonyl (C=O) groups is 2. The van der Waals surface area contributed by atoms with E-state index in [0.717, 1.165) is 17.2 Å². The molecule has 0 radical (unpaired) electrons. The molecule has 0 N–H and O–H groups in total. The lowest BCUT2D eigenvalue weighted by Gasteiger charge is -2.28. The van der Waals surface area contributed by atoms with E-state index in [9.17, 15) is 9.59 Å². The van der Waals surface area contributed by atoms with E-state index in [0.29, 0.717) is 5.69 Å². The first kappa shape index (κ1) is 15.1. The molecule has 0 aromatic heterocycles. The fraction of sp³-hybridized carbons (Fsp3) is 0.368. The van der Waals surface area contributed by atoms with Crippen LogP contribution in [-0.4, -0.2) is 21.5 Å². The minimum absolute atomic E-state index is 0.0170. The summed E-state index contributed by atoms with van der Waals surface area (Å²) in [5.74, 6) is 0.158. The lowest BCUT2D eigenvalue weighted by Crippen LogP contribution is -2.37. The lowest BCUT2D eigenvalue weighted by molar-refractivity contribution is -0.123. The van der Waals surface area contributed by atoms with Crippen LogP contribution in [0.5, 0.6) is 0 Å². The van der Waals surface area contributed by atoms with Gasteiger partial charge in [-0.2, -0.15) is 0 Å². The molecule has 2 saturated carbocycles. The summed E-state index contributed by atoms with van der Waals surface area (Å²) in [5, 5.41) is 2.16. The van der Waals surface area contributed by atoms with Crippen molar-refractivity contribution in [2.45, 2.75) is 16.1 Å². The van der Waals surface area contributed by atoms with Crippen LogP contribution in [-0.2, 0) is 9.59 Å². The second-order valence-electron chi connectivity index (χ2n) is 7.05. The van der Waals surface area contributed by atoms with E-state index in [-0.39, 0.29) is 45.1 Å². The first-order valence-corrected chi connectivity index (χ1v) is 10.1. The van der Waals surface area contributed by atoms with Gasteiger partial charge in [-0.25, -0.2) is 0 Å². The van der Waals surface area contributed by atoms with Gasteiger partial charge >= 0.3 is 0 Å². The molecule has 3 aliphatic rings. The maximum atomic E-state index is 13.0. The number of hydrogen-bond donors (Lipinski definition) is 0. The molecule has 2 bridgehead atoms. The van der Waals surface area contributed by atoms with Crippen molar-refractivity contribution in [3.8, 4) is 0 Å². The second-order valence-corrected chi connectivity index (χ2v) is 9.16. The zero-order valence-corrected chi connectivity index (χ0v) is 15.9. The number of rotatable bonds is 1. The van der Waals surface area contributed by atoms with Crippen molar-refractivity contribution in [1.29, 1.82) is 0 Å². The van der Waals surface area contributed by atoms with Crippen molar-refractivity contribution >= 4 is 60.1 Å². The van der Waals surface area contributed by atoms with Gasteiger partial charge in [-0.15, -0.1) is 0 Å². The largest absolute Gasteiger partial charge is 0.274 e. The van der Waals surface area contributed by atoms with Crippen LogP contribution in [0.15, 0.2) is 42.5 Å². The predicted octanol–water partition coefficient (Wildman–Crippen LogP) is 4.12. The fourth-order valence-corrected chi connectivity index (χ4v) is 6.79. The van der Waals surface area contributed by atoms with Gasteiger partial charge in [0.25, 0.3) is 0 Å². The Morgan fingerprint density at radius 1 is 0.833 bits per heavy atom. The Labute approximate surface area is 156 Å². The van der Waals surface area contributed by atoms with Gasteiger partial charge in [0.1, 0.15) is 0 Å². The van der Waals surface area contributed by atoms with Crippen molar-refractivity contribution in [3.05, 3.63) is 42.5 Å². The van der Waals surface area contributed by atoms with E-state index in [4.69, 9.17) is 0 Å². The zero-order valence-electron chi connectivity index (χ0n) is 12.7. The van der Waals surface area contributed by atoms with E-state index < -0.39 is 0 Å². The quantitative estimate of drug-likeness (QED) is 0.486. The van der Waals surface area contributed by atoms with Crippen LogP contribution in [0.1, 0.15) is 6.42 Å². The minimum atomic E-state index is -0.160. The molecular formula is C19H15Br2NO2. The number of alkyl halides is 2. The Balaban J connectivity index is 1.57. The van der Waals surface area contributed by atoms with E-state index in [1.807, 2.05) is 42.5 Å². The molecule has 3 nitrogen and oxygen atoms in total. The fourth-order valence-electron chi connectivity index (χ4n) is 4.92. The van der Waals surface area contributed by atoms with Crippen molar-refractivity contribution < 1.29 is 9.59 Å². The topological polar surface area (TPSA) is 37.4 Å². The number of anilines is 1. The van der Waals surface area contributed by atoms with Crippen molar-refractivity contribution in [3.63, 3.8) is 0 Å². The SMILES string of the molecule is O=C1[C@@H]2[C@@H]3C[C@@H]([C@@H](Br)[C@@H]3Br)[C@@H]2C(=O)N1c1ccc2ccccc2c1. The van der Waals surface area contributed by atoms with Crippen LogP contribution in [0.3, 0.4) is 0 Å². The molecule has 0 spiro atoms. The summed E-state index contributed by atoms with van der Waals surface area (Å²) < 4.78 is 0. The van der Waals surface area contributed by atoms with Crippen LogP contribution in [0, 0.1) is 23.7 Å². The molecule has 5 heteroatoms. The Morgan fingerprint density at radius 2 is 1.42 bits per heavy atom. The van der Waals surface area contributed by atoms with Crippen LogP contribution >= 0.6 is 31.9 Å².